The van der Waals surface area contributed by atoms with Crippen LogP contribution in [0.2, 0.25) is 0 Å². The van der Waals surface area contributed by atoms with Crippen molar-refractivity contribution in [3.8, 4) is 0 Å². The summed E-state index contributed by atoms with van der Waals surface area (Å²) in [7, 11) is 2.15. The second-order valence-electron chi connectivity index (χ2n) is 6.25. The molecular formula is C19H21N3O. The van der Waals surface area contributed by atoms with Gasteiger partial charge >= 0.3 is 0 Å². The third-order valence-electron chi connectivity index (χ3n) is 4.55. The zero-order valence-corrected chi connectivity index (χ0v) is 13.6. The van der Waals surface area contributed by atoms with Crippen LogP contribution >= 0.6 is 0 Å². The molecule has 1 aliphatic heterocycles. The zero-order valence-electron chi connectivity index (χ0n) is 13.6. The third kappa shape index (κ3) is 2.70. The van der Waals surface area contributed by atoms with Gasteiger partial charge in [-0.3, -0.25) is 5.01 Å². The van der Waals surface area contributed by atoms with Crippen molar-refractivity contribution in [3.05, 3.63) is 48.2 Å². The van der Waals surface area contributed by atoms with Gasteiger partial charge in [-0.1, -0.05) is 30.3 Å². The first-order valence-corrected chi connectivity index (χ1v) is 8.11. The molecule has 4 nitrogen and oxygen atoms in total. The fraction of sp³-hybridized carbons (Fsp3) is 0.316. The maximum absolute atomic E-state index is 6.03. The first-order valence-electron chi connectivity index (χ1n) is 8.11. The Morgan fingerprint density at radius 3 is 2.61 bits per heavy atom. The molecule has 0 N–H and O–H groups in total. The number of rotatable bonds is 2. The number of benzene rings is 2. The fourth-order valence-corrected chi connectivity index (χ4v) is 3.13. The normalized spacial score (nSPS) is 17.3. The minimum Gasteiger partial charge on any atom is -0.455 e. The van der Waals surface area contributed by atoms with E-state index in [1.807, 2.05) is 13.0 Å². The van der Waals surface area contributed by atoms with E-state index in [0.29, 0.717) is 0 Å². The van der Waals surface area contributed by atoms with Crippen molar-refractivity contribution in [2.45, 2.75) is 6.92 Å². The second kappa shape index (κ2) is 5.70. The van der Waals surface area contributed by atoms with Crippen molar-refractivity contribution < 1.29 is 4.42 Å². The van der Waals surface area contributed by atoms with Crippen LogP contribution in [-0.2, 0) is 0 Å². The van der Waals surface area contributed by atoms with Crippen LogP contribution in [0.1, 0.15) is 12.7 Å². The van der Waals surface area contributed by atoms with Crippen molar-refractivity contribution in [2.24, 2.45) is 5.10 Å². The number of furan rings is 1. The van der Waals surface area contributed by atoms with Gasteiger partial charge < -0.3 is 9.32 Å². The summed E-state index contributed by atoms with van der Waals surface area (Å²) in [5.41, 5.74) is 1.86. The highest BCUT2D eigenvalue weighted by Gasteiger charge is 2.14. The van der Waals surface area contributed by atoms with E-state index in [1.54, 1.807) is 0 Å². The molecule has 0 saturated carbocycles. The highest BCUT2D eigenvalue weighted by Crippen LogP contribution is 2.28. The molecule has 1 saturated heterocycles. The number of likely N-dealkylation sites (N-methyl/N-ethyl adjacent to an activating group) is 1. The largest absolute Gasteiger partial charge is 0.455 e. The molecule has 0 unspecified atom stereocenters. The average molecular weight is 307 g/mol. The monoisotopic (exact) mass is 307 g/mol. The number of piperazine rings is 1. The van der Waals surface area contributed by atoms with E-state index < -0.39 is 0 Å². The molecule has 0 radical (unpaired) electrons. The molecule has 3 aromatic rings. The van der Waals surface area contributed by atoms with Gasteiger partial charge in [0.2, 0.25) is 0 Å². The summed E-state index contributed by atoms with van der Waals surface area (Å²) in [6.07, 6.45) is 0. The first kappa shape index (κ1) is 14.3. The molecule has 4 heteroatoms. The van der Waals surface area contributed by atoms with E-state index in [1.165, 1.54) is 10.8 Å². The highest BCUT2D eigenvalue weighted by molar-refractivity contribution is 6.09. The van der Waals surface area contributed by atoms with Crippen LogP contribution in [0.4, 0.5) is 0 Å². The van der Waals surface area contributed by atoms with E-state index in [-0.39, 0.29) is 0 Å². The lowest BCUT2D eigenvalue weighted by Gasteiger charge is -2.30. The molecule has 23 heavy (non-hydrogen) atoms. The molecule has 0 atom stereocenters. The number of hydrogen-bond acceptors (Lipinski definition) is 4. The summed E-state index contributed by atoms with van der Waals surface area (Å²) < 4.78 is 6.03. The molecule has 1 aliphatic rings. The topological polar surface area (TPSA) is 32.0 Å². The van der Waals surface area contributed by atoms with Gasteiger partial charge in [0, 0.05) is 31.6 Å². The Balaban J connectivity index is 1.70. The molecule has 0 amide bonds. The standard InChI is InChI=1S/C19H21N3O/c1-14(20-22-11-9-21(2)10-12-22)19-13-17-16-6-4-3-5-15(16)7-8-18(17)23-19/h3-8,13H,9-12H2,1-2H3. The number of nitrogens with zero attached hydrogens (tertiary/aromatic N) is 3. The maximum Gasteiger partial charge on any atom is 0.151 e. The summed E-state index contributed by atoms with van der Waals surface area (Å²) in [4.78, 5) is 2.33. The van der Waals surface area contributed by atoms with Gasteiger partial charge in [-0.15, -0.1) is 0 Å². The molecule has 1 fully saturated rings. The Labute approximate surface area is 136 Å². The molecule has 4 rings (SSSR count). The van der Waals surface area contributed by atoms with Crippen molar-refractivity contribution in [1.29, 1.82) is 0 Å². The molecule has 0 spiro atoms. The van der Waals surface area contributed by atoms with Crippen LogP contribution in [0.25, 0.3) is 21.7 Å². The minimum absolute atomic E-state index is 0.857. The molecular weight excluding hydrogens is 286 g/mol. The van der Waals surface area contributed by atoms with Gasteiger partial charge in [-0.05, 0) is 36.9 Å². The zero-order chi connectivity index (χ0) is 15.8. The highest BCUT2D eigenvalue weighted by atomic mass is 16.3. The van der Waals surface area contributed by atoms with Gasteiger partial charge in [0.05, 0.1) is 5.71 Å². The molecule has 0 bridgehead atoms. The van der Waals surface area contributed by atoms with Crippen LogP contribution in [0.5, 0.6) is 0 Å². The Morgan fingerprint density at radius 2 is 1.78 bits per heavy atom. The predicted molar refractivity (Wildman–Crippen MR) is 95.0 cm³/mol. The van der Waals surface area contributed by atoms with E-state index in [4.69, 9.17) is 9.52 Å². The summed E-state index contributed by atoms with van der Waals surface area (Å²) in [6, 6.07) is 14.7. The second-order valence-corrected chi connectivity index (χ2v) is 6.25. The third-order valence-corrected chi connectivity index (χ3v) is 4.55. The lowest BCUT2D eigenvalue weighted by Crippen LogP contribution is -2.42. The van der Waals surface area contributed by atoms with Crippen LogP contribution in [0.15, 0.2) is 52.0 Å². The van der Waals surface area contributed by atoms with Crippen molar-refractivity contribution in [3.63, 3.8) is 0 Å². The SMILES string of the molecule is CC(=NN1CCN(C)CC1)c1cc2c(ccc3ccccc32)o1. The fourth-order valence-electron chi connectivity index (χ4n) is 3.13. The molecule has 1 aromatic heterocycles. The van der Waals surface area contributed by atoms with Gasteiger partial charge in [0.1, 0.15) is 5.58 Å². The first-order chi connectivity index (χ1) is 11.2. The van der Waals surface area contributed by atoms with Crippen LogP contribution in [0, 0.1) is 0 Å². The Bertz CT molecular complexity index is 873. The Kier molecular flexibility index (Phi) is 3.54. The molecule has 2 aromatic carbocycles. The van der Waals surface area contributed by atoms with Crippen LogP contribution < -0.4 is 0 Å². The van der Waals surface area contributed by atoms with E-state index >= 15 is 0 Å². The maximum atomic E-state index is 6.03. The van der Waals surface area contributed by atoms with E-state index in [9.17, 15) is 0 Å². The van der Waals surface area contributed by atoms with E-state index in [0.717, 1.165) is 48.6 Å². The Hall–Kier alpha value is -2.33. The van der Waals surface area contributed by atoms with Crippen LogP contribution in [0.3, 0.4) is 0 Å². The summed E-state index contributed by atoms with van der Waals surface area (Å²) >= 11 is 0. The minimum atomic E-state index is 0.857. The smallest absolute Gasteiger partial charge is 0.151 e. The lowest BCUT2D eigenvalue weighted by atomic mass is 10.1. The summed E-state index contributed by atoms with van der Waals surface area (Å²) in [5.74, 6) is 0.857. The van der Waals surface area contributed by atoms with Gasteiger partial charge in [-0.25, -0.2) is 0 Å². The van der Waals surface area contributed by atoms with Crippen molar-refractivity contribution in [2.75, 3.05) is 33.2 Å². The Morgan fingerprint density at radius 1 is 1.00 bits per heavy atom. The summed E-state index contributed by atoms with van der Waals surface area (Å²) in [6.45, 7) is 6.08. The van der Waals surface area contributed by atoms with E-state index in [2.05, 4.69) is 53.4 Å². The van der Waals surface area contributed by atoms with Gasteiger partial charge in [-0.2, -0.15) is 5.10 Å². The average Bonchev–Trinajstić information content (AvgIpc) is 3.02. The number of hydrogen-bond donors (Lipinski definition) is 0. The molecule has 118 valence electrons. The van der Waals surface area contributed by atoms with Gasteiger partial charge in [0.15, 0.2) is 5.76 Å². The lowest BCUT2D eigenvalue weighted by molar-refractivity contribution is 0.159. The number of fused-ring (bicyclic) bond motifs is 3. The quantitative estimate of drug-likeness (QED) is 0.679. The van der Waals surface area contributed by atoms with Crippen molar-refractivity contribution >= 4 is 27.5 Å². The van der Waals surface area contributed by atoms with Crippen LogP contribution in [-0.4, -0.2) is 48.8 Å². The van der Waals surface area contributed by atoms with Gasteiger partial charge in [0.25, 0.3) is 0 Å². The summed E-state index contributed by atoms with van der Waals surface area (Å²) in [5, 5.41) is 10.5. The molecule has 2 heterocycles. The number of hydrazone groups is 1. The molecule has 0 aliphatic carbocycles. The van der Waals surface area contributed by atoms with Crippen molar-refractivity contribution in [1.82, 2.24) is 9.91 Å². The predicted octanol–water partition coefficient (Wildman–Crippen LogP) is 3.56.